The van der Waals surface area contributed by atoms with Gasteiger partial charge in [0, 0.05) is 28.7 Å². The average molecular weight is 445 g/mol. The number of para-hydroxylation sites is 1. The molecule has 0 amide bonds. The van der Waals surface area contributed by atoms with Crippen molar-refractivity contribution in [2.45, 2.75) is 13.5 Å². The van der Waals surface area contributed by atoms with E-state index in [1.165, 1.54) is 0 Å². The van der Waals surface area contributed by atoms with Crippen LogP contribution in [0.3, 0.4) is 0 Å². The molecule has 0 aliphatic rings. The van der Waals surface area contributed by atoms with E-state index in [1.54, 1.807) is 19.1 Å². The summed E-state index contributed by atoms with van der Waals surface area (Å²) in [4.78, 5) is 21.9. The van der Waals surface area contributed by atoms with Crippen LogP contribution in [-0.2, 0) is 6.54 Å². The van der Waals surface area contributed by atoms with Crippen molar-refractivity contribution in [1.82, 2.24) is 9.72 Å². The molecule has 5 aromatic rings. The van der Waals surface area contributed by atoms with Gasteiger partial charge in [-0.1, -0.05) is 48.5 Å². The Morgan fingerprint density at radius 2 is 1.64 bits per heavy atom. The highest BCUT2D eigenvalue weighted by Gasteiger charge is 2.37. The zero-order valence-corrected chi connectivity index (χ0v) is 17.2. The molecule has 11 nitrogen and oxygen atoms in total. The maximum Gasteiger partial charge on any atom is 0.333 e. The number of non-ortho nitro benzene ring substituents is 1. The van der Waals surface area contributed by atoms with E-state index in [-0.39, 0.29) is 21.5 Å². The van der Waals surface area contributed by atoms with Gasteiger partial charge in [0.25, 0.3) is 5.69 Å². The molecule has 3 aromatic carbocycles. The Hall–Kier alpha value is -4.80. The van der Waals surface area contributed by atoms with E-state index in [0.29, 0.717) is 23.2 Å². The van der Waals surface area contributed by atoms with Crippen LogP contribution in [0.4, 0.5) is 11.4 Å². The zero-order chi connectivity index (χ0) is 23.3. The molecule has 0 saturated carbocycles. The van der Waals surface area contributed by atoms with Crippen LogP contribution in [0.2, 0.25) is 0 Å². The summed E-state index contributed by atoms with van der Waals surface area (Å²) in [6.07, 6.45) is 0. The first-order valence-electron chi connectivity index (χ1n) is 9.85. The predicted molar refractivity (Wildman–Crippen MR) is 117 cm³/mol. The van der Waals surface area contributed by atoms with Gasteiger partial charge in [-0.25, -0.2) is 0 Å². The van der Waals surface area contributed by atoms with E-state index in [2.05, 4.69) is 9.79 Å². The minimum absolute atomic E-state index is 0.0204. The van der Waals surface area contributed by atoms with Gasteiger partial charge in [0.2, 0.25) is 5.52 Å². The van der Waals surface area contributed by atoms with Crippen molar-refractivity contribution in [3.63, 3.8) is 0 Å². The maximum absolute atomic E-state index is 12.5. The number of rotatable bonds is 5. The number of benzene rings is 3. The van der Waals surface area contributed by atoms with Crippen LogP contribution < -0.4 is 4.90 Å². The predicted octanol–water partition coefficient (Wildman–Crippen LogP) is 4.26. The van der Waals surface area contributed by atoms with Crippen molar-refractivity contribution in [2.75, 3.05) is 0 Å². The number of fused-ring (bicyclic) bond motifs is 2. The van der Waals surface area contributed by atoms with Crippen LogP contribution in [0.5, 0.6) is 0 Å². The third-order valence-electron chi connectivity index (χ3n) is 5.68. The molecular weight excluding hydrogens is 430 g/mol. The van der Waals surface area contributed by atoms with Crippen LogP contribution in [0.25, 0.3) is 33.1 Å². The Labute approximate surface area is 184 Å². The second-order valence-corrected chi connectivity index (χ2v) is 7.48. The lowest BCUT2D eigenvalue weighted by Crippen LogP contribution is -2.23. The molecular formula is C22H15N5O6. The molecule has 2 heterocycles. The summed E-state index contributed by atoms with van der Waals surface area (Å²) in [6.45, 7) is 2.27. The Morgan fingerprint density at radius 3 is 2.33 bits per heavy atom. The maximum atomic E-state index is 12.5. The Kier molecular flexibility index (Phi) is 4.52. The van der Waals surface area contributed by atoms with Crippen molar-refractivity contribution >= 4 is 33.3 Å². The Morgan fingerprint density at radius 1 is 0.970 bits per heavy atom. The van der Waals surface area contributed by atoms with E-state index in [0.717, 1.165) is 17.1 Å². The highest BCUT2D eigenvalue weighted by Crippen LogP contribution is 2.44. The number of nitro benzene ring substituents is 2. The third-order valence-corrected chi connectivity index (χ3v) is 5.68. The summed E-state index contributed by atoms with van der Waals surface area (Å²) in [5, 5.41) is 40.2. The Bertz CT molecular complexity index is 1570. The first kappa shape index (κ1) is 20.1. The molecule has 0 bridgehead atoms. The third kappa shape index (κ3) is 3.05. The van der Waals surface area contributed by atoms with Gasteiger partial charge >= 0.3 is 11.2 Å². The zero-order valence-electron chi connectivity index (χ0n) is 17.2. The first-order valence-corrected chi connectivity index (χ1v) is 9.85. The number of nitro groups is 2. The molecule has 0 atom stereocenters. The van der Waals surface area contributed by atoms with Gasteiger partial charge in [-0.2, -0.15) is 0 Å². The van der Waals surface area contributed by atoms with Gasteiger partial charge in [0.05, 0.1) is 21.1 Å². The van der Waals surface area contributed by atoms with Crippen LogP contribution in [-0.4, -0.2) is 19.6 Å². The summed E-state index contributed by atoms with van der Waals surface area (Å²) < 4.78 is 6.62. The molecule has 11 heteroatoms. The number of hydrogen-bond acceptors (Lipinski definition) is 7. The van der Waals surface area contributed by atoms with E-state index >= 15 is 0 Å². The van der Waals surface area contributed by atoms with E-state index in [1.807, 2.05) is 47.0 Å². The van der Waals surface area contributed by atoms with Gasteiger partial charge in [0.15, 0.2) is 0 Å². The first-order chi connectivity index (χ1) is 15.9. The standard InChI is InChI=1S/C22H15N5O6/c1-13-19(15-9-5-6-10-16(15)24(13)12-14-7-3-2-4-8-14)20-17(25(28)29)11-18(26(30)31)21-22(20)27(32)33-23-21/h2-11H,12H2,1H3. The van der Waals surface area contributed by atoms with E-state index in [9.17, 15) is 25.4 Å². The summed E-state index contributed by atoms with van der Waals surface area (Å²) in [6, 6.07) is 17.8. The lowest BCUT2D eigenvalue weighted by atomic mass is 9.98. The topological polar surface area (TPSA) is 144 Å². The fraction of sp³-hybridized carbons (Fsp3) is 0.0909. The molecule has 0 saturated heterocycles. The molecule has 5 rings (SSSR count). The quantitative estimate of drug-likeness (QED) is 0.223. The van der Waals surface area contributed by atoms with E-state index in [4.69, 9.17) is 0 Å². The molecule has 0 N–H and O–H groups in total. The average Bonchev–Trinajstić information content (AvgIpc) is 3.31. The van der Waals surface area contributed by atoms with Crippen LogP contribution in [0.1, 0.15) is 11.3 Å². The Balaban J connectivity index is 1.90. The molecule has 0 fully saturated rings. The summed E-state index contributed by atoms with van der Waals surface area (Å²) in [5.74, 6) is 0. The van der Waals surface area contributed by atoms with Crippen molar-refractivity contribution in [1.29, 1.82) is 0 Å². The molecule has 0 unspecified atom stereocenters. The molecule has 0 aliphatic carbocycles. The van der Waals surface area contributed by atoms with Crippen molar-refractivity contribution in [2.24, 2.45) is 0 Å². The molecule has 0 spiro atoms. The van der Waals surface area contributed by atoms with Crippen LogP contribution in [0.15, 0.2) is 65.3 Å². The minimum Gasteiger partial charge on any atom is -0.359 e. The second-order valence-electron chi connectivity index (χ2n) is 7.48. The normalized spacial score (nSPS) is 11.3. The number of aromatic nitrogens is 3. The smallest absolute Gasteiger partial charge is 0.333 e. The number of hydrogen-bond donors (Lipinski definition) is 0. The second kappa shape index (κ2) is 7.41. The van der Waals surface area contributed by atoms with Crippen molar-refractivity contribution in [3.8, 4) is 11.1 Å². The van der Waals surface area contributed by atoms with Crippen molar-refractivity contribution in [3.05, 3.63) is 97.4 Å². The van der Waals surface area contributed by atoms with Gasteiger partial charge < -0.3 is 9.77 Å². The minimum atomic E-state index is -0.826. The lowest BCUT2D eigenvalue weighted by Gasteiger charge is -2.09. The monoisotopic (exact) mass is 445 g/mol. The van der Waals surface area contributed by atoms with Gasteiger partial charge in [-0.3, -0.25) is 24.9 Å². The van der Waals surface area contributed by atoms with E-state index < -0.39 is 21.2 Å². The van der Waals surface area contributed by atoms with Crippen molar-refractivity contribution < 1.29 is 19.4 Å². The fourth-order valence-electron chi connectivity index (χ4n) is 4.26. The molecule has 2 aromatic heterocycles. The molecule has 0 aliphatic heterocycles. The van der Waals surface area contributed by atoms with Crippen LogP contribution in [0, 0.1) is 32.4 Å². The highest BCUT2D eigenvalue weighted by atomic mass is 16.8. The molecule has 164 valence electrons. The number of nitrogens with zero attached hydrogens (tertiary/aromatic N) is 5. The summed E-state index contributed by atoms with van der Waals surface area (Å²) >= 11 is 0. The highest BCUT2D eigenvalue weighted by molar-refractivity contribution is 6.08. The summed E-state index contributed by atoms with van der Waals surface area (Å²) in [5.41, 5.74) is 0.843. The molecule has 33 heavy (non-hydrogen) atoms. The van der Waals surface area contributed by atoms with Gasteiger partial charge in [-0.15, -0.1) is 0 Å². The van der Waals surface area contributed by atoms with Crippen LogP contribution >= 0.6 is 0 Å². The largest absolute Gasteiger partial charge is 0.359 e. The lowest BCUT2D eigenvalue weighted by molar-refractivity contribution is -0.782. The molecule has 0 radical (unpaired) electrons. The fourth-order valence-corrected chi connectivity index (χ4v) is 4.26. The van der Waals surface area contributed by atoms with Gasteiger partial charge in [0.1, 0.15) is 5.56 Å². The van der Waals surface area contributed by atoms with Gasteiger partial charge in [-0.05, 0) is 23.5 Å². The SMILES string of the molecule is Cc1c(-c2c([N+](=O)[O-])cc([N+](=O)[O-])c3no[n+]([O-])c23)c2ccccc2n1Cc1ccccc1. The summed E-state index contributed by atoms with van der Waals surface area (Å²) in [7, 11) is 0.